The van der Waals surface area contributed by atoms with Gasteiger partial charge in [-0.2, -0.15) is 0 Å². The smallest absolute Gasteiger partial charge is 0.325 e. The number of carbonyl (C=O) groups excluding carboxylic acids is 2. The molecule has 0 aliphatic heterocycles. The molecule has 2 amide bonds. The van der Waals surface area contributed by atoms with Gasteiger partial charge in [-0.1, -0.05) is 0 Å². The van der Waals surface area contributed by atoms with Gasteiger partial charge in [0.25, 0.3) is 0 Å². The molecule has 2 heterocycles. The highest BCUT2D eigenvalue weighted by Gasteiger charge is 2.29. The molecule has 3 aromatic rings. The Morgan fingerprint density at radius 2 is 2.00 bits per heavy atom. The molecule has 3 N–H and O–H groups in total. The maximum Gasteiger partial charge on any atom is 0.325 e. The Bertz CT molecular complexity index is 1100. The molecule has 1 aromatic carbocycles. The SMILES string of the molecule is CNC(=O)n1ccc2cc(N(CC[C@@H](C)O)c3ccnc(NC(=O)C4CC4)c3)ccc21. The quantitative estimate of drug-likeness (QED) is 0.542. The van der Waals surface area contributed by atoms with E-state index in [2.05, 4.69) is 20.5 Å². The van der Waals surface area contributed by atoms with Gasteiger partial charge < -0.3 is 20.6 Å². The van der Waals surface area contributed by atoms with Gasteiger partial charge in [0.2, 0.25) is 5.91 Å². The standard InChI is InChI=1S/C23H27N5O3/c1-15(29)8-11-27(19-7-10-25-21(14-19)26-22(30)16-3-4-16)18-5-6-20-17(13-18)9-12-28(20)23(31)24-2/h5-7,9-10,12-16,29H,3-4,8,11H2,1-2H3,(H,24,31)(H,25,26,30)/t15-/m1/s1. The van der Waals surface area contributed by atoms with Gasteiger partial charge in [0, 0.05) is 54.7 Å². The normalized spacial score (nSPS) is 14.3. The Labute approximate surface area is 180 Å². The van der Waals surface area contributed by atoms with Crippen molar-refractivity contribution in [3.05, 3.63) is 48.8 Å². The van der Waals surface area contributed by atoms with Crippen LogP contribution in [0.4, 0.5) is 22.0 Å². The molecular weight excluding hydrogens is 394 g/mol. The summed E-state index contributed by atoms with van der Waals surface area (Å²) in [5.41, 5.74) is 2.60. The van der Waals surface area contributed by atoms with Crippen LogP contribution in [-0.4, -0.2) is 46.3 Å². The number of amides is 2. The highest BCUT2D eigenvalue weighted by molar-refractivity contribution is 5.95. The van der Waals surface area contributed by atoms with Crippen molar-refractivity contribution in [1.82, 2.24) is 14.9 Å². The molecule has 4 rings (SSSR count). The van der Waals surface area contributed by atoms with Crippen LogP contribution in [0, 0.1) is 5.92 Å². The Kier molecular flexibility index (Phi) is 5.90. The lowest BCUT2D eigenvalue weighted by Gasteiger charge is -2.26. The third-order valence-electron chi connectivity index (χ3n) is 5.44. The van der Waals surface area contributed by atoms with Crippen molar-refractivity contribution in [2.24, 2.45) is 5.92 Å². The number of aliphatic hydroxyl groups excluding tert-OH is 1. The first-order chi connectivity index (χ1) is 15.0. The fourth-order valence-corrected chi connectivity index (χ4v) is 3.55. The maximum absolute atomic E-state index is 12.1. The predicted molar refractivity (Wildman–Crippen MR) is 121 cm³/mol. The van der Waals surface area contributed by atoms with Gasteiger partial charge in [0.1, 0.15) is 5.82 Å². The van der Waals surface area contributed by atoms with Crippen molar-refractivity contribution < 1.29 is 14.7 Å². The van der Waals surface area contributed by atoms with Crippen molar-refractivity contribution in [2.75, 3.05) is 23.8 Å². The van der Waals surface area contributed by atoms with Crippen LogP contribution >= 0.6 is 0 Å². The summed E-state index contributed by atoms with van der Waals surface area (Å²) >= 11 is 0. The number of hydrogen-bond acceptors (Lipinski definition) is 5. The van der Waals surface area contributed by atoms with E-state index in [-0.39, 0.29) is 17.9 Å². The first-order valence-corrected chi connectivity index (χ1v) is 10.5. The fraction of sp³-hybridized carbons (Fsp3) is 0.348. The Balaban J connectivity index is 1.66. The van der Waals surface area contributed by atoms with Crippen molar-refractivity contribution in [3.63, 3.8) is 0 Å². The number of aliphatic hydroxyl groups is 1. The minimum Gasteiger partial charge on any atom is -0.393 e. The van der Waals surface area contributed by atoms with Crippen molar-refractivity contribution >= 4 is 40.0 Å². The molecule has 1 fully saturated rings. The van der Waals surface area contributed by atoms with Gasteiger partial charge >= 0.3 is 6.03 Å². The second-order valence-electron chi connectivity index (χ2n) is 7.94. The zero-order chi connectivity index (χ0) is 22.0. The van der Waals surface area contributed by atoms with E-state index < -0.39 is 6.10 Å². The second-order valence-corrected chi connectivity index (χ2v) is 7.94. The highest BCUT2D eigenvalue weighted by Crippen LogP contribution is 2.32. The number of nitrogens with one attached hydrogen (secondary N) is 2. The molecular formula is C23H27N5O3. The summed E-state index contributed by atoms with van der Waals surface area (Å²) in [4.78, 5) is 30.6. The minimum atomic E-state index is -0.448. The third-order valence-corrected chi connectivity index (χ3v) is 5.44. The molecule has 1 saturated carbocycles. The van der Waals surface area contributed by atoms with Crippen molar-refractivity contribution in [1.29, 1.82) is 0 Å². The van der Waals surface area contributed by atoms with E-state index in [1.54, 1.807) is 30.9 Å². The maximum atomic E-state index is 12.1. The number of nitrogens with zero attached hydrogens (tertiary/aromatic N) is 3. The van der Waals surface area contributed by atoms with E-state index in [1.807, 2.05) is 36.4 Å². The summed E-state index contributed by atoms with van der Waals surface area (Å²) in [5.74, 6) is 0.629. The Hall–Kier alpha value is -3.39. The molecule has 1 aliphatic carbocycles. The molecule has 0 bridgehead atoms. The predicted octanol–water partition coefficient (Wildman–Crippen LogP) is 3.48. The van der Waals surface area contributed by atoms with Crippen LogP contribution in [-0.2, 0) is 4.79 Å². The summed E-state index contributed by atoms with van der Waals surface area (Å²) in [6.07, 6.45) is 5.41. The van der Waals surface area contributed by atoms with Crippen LogP contribution in [0.5, 0.6) is 0 Å². The zero-order valence-corrected chi connectivity index (χ0v) is 17.7. The van der Waals surface area contributed by atoms with Crippen LogP contribution < -0.4 is 15.5 Å². The van der Waals surface area contributed by atoms with Crippen LogP contribution in [0.3, 0.4) is 0 Å². The van der Waals surface area contributed by atoms with Gasteiger partial charge in [-0.15, -0.1) is 0 Å². The lowest BCUT2D eigenvalue weighted by Crippen LogP contribution is -2.23. The van der Waals surface area contributed by atoms with Gasteiger partial charge in [-0.25, -0.2) is 9.78 Å². The summed E-state index contributed by atoms with van der Waals surface area (Å²) in [6, 6.07) is 11.3. The topological polar surface area (TPSA) is 99.5 Å². The number of carbonyl (C=O) groups is 2. The van der Waals surface area contributed by atoms with Crippen LogP contribution in [0.2, 0.25) is 0 Å². The Morgan fingerprint density at radius 3 is 2.71 bits per heavy atom. The summed E-state index contributed by atoms with van der Waals surface area (Å²) in [5, 5.41) is 16.3. The molecule has 8 nitrogen and oxygen atoms in total. The van der Waals surface area contributed by atoms with Crippen molar-refractivity contribution in [3.8, 4) is 0 Å². The van der Waals surface area contributed by atoms with Gasteiger partial charge in [0.15, 0.2) is 0 Å². The highest BCUT2D eigenvalue weighted by atomic mass is 16.3. The monoisotopic (exact) mass is 421 g/mol. The number of rotatable bonds is 7. The molecule has 0 unspecified atom stereocenters. The molecule has 0 spiro atoms. The van der Waals surface area contributed by atoms with E-state index >= 15 is 0 Å². The number of pyridine rings is 1. The molecule has 0 radical (unpaired) electrons. The molecule has 1 aliphatic rings. The minimum absolute atomic E-state index is 0.0112. The van der Waals surface area contributed by atoms with E-state index in [9.17, 15) is 14.7 Å². The molecule has 31 heavy (non-hydrogen) atoms. The van der Waals surface area contributed by atoms with Crippen LogP contribution in [0.15, 0.2) is 48.8 Å². The van der Waals surface area contributed by atoms with Gasteiger partial charge in [-0.3, -0.25) is 9.36 Å². The number of anilines is 3. The summed E-state index contributed by atoms with van der Waals surface area (Å²) in [7, 11) is 1.60. The molecule has 0 saturated heterocycles. The van der Waals surface area contributed by atoms with Gasteiger partial charge in [0.05, 0.1) is 11.6 Å². The first-order valence-electron chi connectivity index (χ1n) is 10.5. The van der Waals surface area contributed by atoms with E-state index in [4.69, 9.17) is 0 Å². The largest absolute Gasteiger partial charge is 0.393 e. The van der Waals surface area contributed by atoms with Gasteiger partial charge in [-0.05, 0) is 56.5 Å². The Morgan fingerprint density at radius 1 is 1.23 bits per heavy atom. The van der Waals surface area contributed by atoms with Crippen LogP contribution in [0.25, 0.3) is 10.9 Å². The second kappa shape index (κ2) is 8.77. The molecule has 1 atom stereocenters. The van der Waals surface area contributed by atoms with Crippen molar-refractivity contribution in [2.45, 2.75) is 32.3 Å². The third kappa shape index (κ3) is 4.69. The molecule has 2 aromatic heterocycles. The first kappa shape index (κ1) is 20.9. The van der Waals surface area contributed by atoms with Crippen LogP contribution in [0.1, 0.15) is 26.2 Å². The number of hydrogen-bond donors (Lipinski definition) is 3. The molecule has 162 valence electrons. The van der Waals surface area contributed by atoms with E-state index in [1.165, 1.54) is 0 Å². The summed E-state index contributed by atoms with van der Waals surface area (Å²) in [6.45, 7) is 2.35. The zero-order valence-electron chi connectivity index (χ0n) is 17.7. The molecule has 8 heteroatoms. The number of aromatic nitrogens is 2. The van der Waals surface area contributed by atoms with E-state index in [0.717, 1.165) is 35.1 Å². The average molecular weight is 422 g/mol. The number of benzene rings is 1. The lowest BCUT2D eigenvalue weighted by molar-refractivity contribution is -0.117. The fourth-order valence-electron chi connectivity index (χ4n) is 3.55. The average Bonchev–Trinajstić information content (AvgIpc) is 3.53. The van der Waals surface area contributed by atoms with E-state index in [0.29, 0.717) is 18.8 Å². The number of fused-ring (bicyclic) bond motifs is 1. The summed E-state index contributed by atoms with van der Waals surface area (Å²) < 4.78 is 1.57. The lowest BCUT2D eigenvalue weighted by atomic mass is 10.1.